The monoisotopic (exact) mass is 986 g/mol. The Labute approximate surface area is 449 Å². The normalized spacial score (nSPS) is 14.6. The molecule has 0 fully saturated rings. The molecule has 3 aliphatic rings. The highest BCUT2D eigenvalue weighted by Gasteiger charge is 2.46. The molecule has 0 radical (unpaired) electrons. The summed E-state index contributed by atoms with van der Waals surface area (Å²) in [5.74, 6) is 0. The lowest BCUT2D eigenvalue weighted by atomic mass is 9.33. The first-order valence-electron chi connectivity index (χ1n) is 27.5. The van der Waals surface area contributed by atoms with Gasteiger partial charge in [0.25, 0.3) is 6.71 Å². The fourth-order valence-corrected chi connectivity index (χ4v) is 12.4. The molecular weight excluding hydrogens is 910 g/mol. The number of methoxy groups -OCH3 is 1. The van der Waals surface area contributed by atoms with Crippen molar-refractivity contribution in [2.75, 3.05) is 28.4 Å². The minimum absolute atomic E-state index is 0.00113. The Hall–Kier alpha value is -6.82. The molecule has 0 saturated carbocycles. The molecule has 2 heterocycles. The van der Waals surface area contributed by atoms with Gasteiger partial charge in [-0.3, -0.25) is 0 Å². The van der Waals surface area contributed by atoms with Gasteiger partial charge in [-0.1, -0.05) is 173 Å². The van der Waals surface area contributed by atoms with Crippen LogP contribution < -0.4 is 31.1 Å². The van der Waals surface area contributed by atoms with Crippen LogP contribution in [0.4, 0.5) is 51.2 Å². The standard InChI is InChI=1S/C70H76BN3O/c1-46-37-52(68(5,6)7)29-34-60(46)73-62-33-26-47(21-20-36-75-13)38-58(62)71-59-39-49-44-70(11,12)45-50(49)40-63(59)74(61-35-30-53(69(8,9)10)41-57(61)48-22-16-14-17-23-48)65-43-56(42-64(73)66(65)71)72(54-24-18-15-19-25-54)55-31-27-51(28-32-55)67(2,3)4/h14-19,22-35,37-43H,20-21,36,44-45H2,1-13H3. The van der Waals surface area contributed by atoms with Gasteiger partial charge in [-0.05, 0) is 182 Å². The van der Waals surface area contributed by atoms with Gasteiger partial charge >= 0.3 is 0 Å². The van der Waals surface area contributed by atoms with E-state index in [0.717, 1.165) is 49.4 Å². The summed E-state index contributed by atoms with van der Waals surface area (Å²) < 4.78 is 5.64. The Bertz CT molecular complexity index is 3440. The van der Waals surface area contributed by atoms with E-state index in [0.29, 0.717) is 0 Å². The van der Waals surface area contributed by atoms with E-state index < -0.39 is 0 Å². The summed E-state index contributed by atoms with van der Waals surface area (Å²) >= 11 is 0. The van der Waals surface area contributed by atoms with Gasteiger partial charge in [-0.25, -0.2) is 0 Å². The Morgan fingerprint density at radius 1 is 0.507 bits per heavy atom. The second kappa shape index (κ2) is 18.8. The second-order valence-corrected chi connectivity index (χ2v) is 25.8. The van der Waals surface area contributed by atoms with Crippen LogP contribution in [0.5, 0.6) is 0 Å². The summed E-state index contributed by atoms with van der Waals surface area (Å²) in [4.78, 5) is 7.79. The van der Waals surface area contributed by atoms with Crippen molar-refractivity contribution >= 4 is 74.3 Å². The molecule has 8 aromatic carbocycles. The molecule has 5 heteroatoms. The van der Waals surface area contributed by atoms with Gasteiger partial charge in [-0.2, -0.15) is 0 Å². The zero-order valence-electron chi connectivity index (χ0n) is 47.0. The predicted molar refractivity (Wildman–Crippen MR) is 323 cm³/mol. The van der Waals surface area contributed by atoms with Crippen LogP contribution in [0.25, 0.3) is 11.1 Å². The molecule has 0 atom stereocenters. The third-order valence-corrected chi connectivity index (χ3v) is 16.3. The Morgan fingerprint density at radius 2 is 1.04 bits per heavy atom. The van der Waals surface area contributed by atoms with E-state index in [2.05, 4.69) is 262 Å². The number of hydrogen-bond donors (Lipinski definition) is 0. The molecule has 0 unspecified atom stereocenters. The highest BCUT2D eigenvalue weighted by molar-refractivity contribution is 7.00. The quantitative estimate of drug-likeness (QED) is 0.100. The summed E-state index contributed by atoms with van der Waals surface area (Å²) in [6.07, 6.45) is 4.02. The minimum atomic E-state index is -0.0528. The lowest BCUT2D eigenvalue weighted by Gasteiger charge is -2.46. The van der Waals surface area contributed by atoms with Crippen LogP contribution in [-0.4, -0.2) is 20.4 Å². The molecule has 0 aromatic heterocycles. The fraction of sp³-hybridized carbons (Fsp3) is 0.314. The highest BCUT2D eigenvalue weighted by Crippen LogP contribution is 2.52. The number of fused-ring (bicyclic) bond motifs is 5. The number of hydrogen-bond acceptors (Lipinski definition) is 4. The summed E-state index contributed by atoms with van der Waals surface area (Å²) in [7, 11) is 1.81. The van der Waals surface area contributed by atoms with Crippen molar-refractivity contribution in [3.8, 4) is 11.1 Å². The second-order valence-electron chi connectivity index (χ2n) is 25.8. The highest BCUT2D eigenvalue weighted by atomic mass is 16.5. The first kappa shape index (κ1) is 50.3. The van der Waals surface area contributed by atoms with Crippen LogP contribution in [0.2, 0.25) is 0 Å². The zero-order valence-corrected chi connectivity index (χ0v) is 47.0. The molecule has 75 heavy (non-hydrogen) atoms. The van der Waals surface area contributed by atoms with Gasteiger partial charge in [0.05, 0.1) is 11.4 Å². The van der Waals surface area contributed by atoms with E-state index >= 15 is 0 Å². The molecule has 0 bridgehead atoms. The molecular formula is C70H76BN3O. The van der Waals surface area contributed by atoms with E-state index in [4.69, 9.17) is 4.74 Å². The maximum atomic E-state index is 5.64. The number of anilines is 9. The fourth-order valence-electron chi connectivity index (χ4n) is 12.4. The topological polar surface area (TPSA) is 19.0 Å². The van der Waals surface area contributed by atoms with E-state index in [1.54, 1.807) is 0 Å². The summed E-state index contributed by atoms with van der Waals surface area (Å²) in [5, 5.41) is 0. The van der Waals surface area contributed by atoms with Gasteiger partial charge in [0.15, 0.2) is 0 Å². The largest absolute Gasteiger partial charge is 0.385 e. The Morgan fingerprint density at radius 3 is 1.65 bits per heavy atom. The van der Waals surface area contributed by atoms with Crippen LogP contribution in [0.15, 0.2) is 164 Å². The molecule has 0 spiro atoms. The maximum Gasteiger partial charge on any atom is 0.252 e. The SMILES string of the molecule is COCCCc1ccc2c(c1)B1c3cc4c(cc3N(c3ccc(C(C)(C)C)cc3-c3ccccc3)c3cc(N(c5ccccc5)c5ccc(C(C)(C)C)cc5)cc(c31)N2c1ccc(C(C)(C)C)cc1C)CC(C)(C)C4. The summed E-state index contributed by atoms with van der Waals surface area (Å²) in [5.41, 5.74) is 26.8. The average Bonchev–Trinajstić information content (AvgIpc) is 3.72. The lowest BCUT2D eigenvalue weighted by molar-refractivity contribution is 0.195. The minimum Gasteiger partial charge on any atom is -0.385 e. The number of benzene rings is 8. The smallest absolute Gasteiger partial charge is 0.252 e. The van der Waals surface area contributed by atoms with Crippen LogP contribution in [0.1, 0.15) is 122 Å². The van der Waals surface area contributed by atoms with E-state index in [1.165, 1.54) is 101 Å². The van der Waals surface area contributed by atoms with Crippen molar-refractivity contribution in [3.05, 3.63) is 203 Å². The van der Waals surface area contributed by atoms with Crippen molar-refractivity contribution in [2.24, 2.45) is 5.41 Å². The van der Waals surface area contributed by atoms with Crippen molar-refractivity contribution < 1.29 is 4.74 Å². The first-order valence-corrected chi connectivity index (χ1v) is 27.5. The number of ether oxygens (including phenoxy) is 1. The Balaban J connectivity index is 1.29. The molecule has 0 amide bonds. The van der Waals surface area contributed by atoms with E-state index in [1.807, 2.05) is 7.11 Å². The van der Waals surface area contributed by atoms with E-state index in [9.17, 15) is 0 Å². The Kier molecular flexibility index (Phi) is 12.6. The lowest BCUT2D eigenvalue weighted by Crippen LogP contribution is -2.61. The van der Waals surface area contributed by atoms with E-state index in [-0.39, 0.29) is 28.4 Å². The van der Waals surface area contributed by atoms with Crippen molar-refractivity contribution in [1.29, 1.82) is 0 Å². The predicted octanol–water partition coefficient (Wildman–Crippen LogP) is 16.8. The van der Waals surface area contributed by atoms with Crippen molar-refractivity contribution in [3.63, 3.8) is 0 Å². The number of nitrogens with zero attached hydrogens (tertiary/aromatic N) is 3. The number of aryl methyl sites for hydroxylation is 2. The van der Waals surface area contributed by atoms with Crippen molar-refractivity contribution in [1.82, 2.24) is 0 Å². The van der Waals surface area contributed by atoms with Crippen LogP contribution in [0, 0.1) is 12.3 Å². The van der Waals surface area contributed by atoms with Gasteiger partial charge in [0.1, 0.15) is 0 Å². The number of rotatable bonds is 10. The molecule has 0 saturated heterocycles. The molecule has 11 rings (SSSR count). The molecule has 8 aromatic rings. The van der Waals surface area contributed by atoms with Gasteiger partial charge in [0.2, 0.25) is 0 Å². The molecule has 0 N–H and O–H groups in total. The molecule has 4 nitrogen and oxygen atoms in total. The first-order chi connectivity index (χ1) is 35.7. The molecule has 1 aliphatic carbocycles. The number of para-hydroxylation sites is 1. The van der Waals surface area contributed by atoms with Gasteiger partial charge in [0, 0.05) is 59.1 Å². The summed E-state index contributed by atoms with van der Waals surface area (Å²) in [6, 6.07) is 63.5. The van der Waals surface area contributed by atoms with Gasteiger partial charge < -0.3 is 19.4 Å². The average molecular weight is 986 g/mol. The molecule has 2 aliphatic heterocycles. The van der Waals surface area contributed by atoms with Crippen molar-refractivity contribution in [2.45, 2.75) is 125 Å². The zero-order chi connectivity index (χ0) is 52.8. The van der Waals surface area contributed by atoms with Gasteiger partial charge in [-0.15, -0.1) is 0 Å². The maximum absolute atomic E-state index is 5.64. The van der Waals surface area contributed by atoms with Crippen LogP contribution in [-0.2, 0) is 40.2 Å². The van der Waals surface area contributed by atoms with Crippen LogP contribution in [0.3, 0.4) is 0 Å². The van der Waals surface area contributed by atoms with Crippen LogP contribution >= 0.6 is 0 Å². The third-order valence-electron chi connectivity index (χ3n) is 16.3. The molecule has 380 valence electrons. The summed E-state index contributed by atoms with van der Waals surface area (Å²) in [6.45, 7) is 28.8. The third kappa shape index (κ3) is 9.30.